The van der Waals surface area contributed by atoms with Crippen LogP contribution in [0.5, 0.6) is 11.5 Å². The van der Waals surface area contributed by atoms with E-state index in [1.165, 1.54) is 18.5 Å². The fourth-order valence-electron chi connectivity index (χ4n) is 3.62. The normalized spacial score (nSPS) is 15.5. The smallest absolute Gasteiger partial charge is 0.157 e. The van der Waals surface area contributed by atoms with Gasteiger partial charge in [-0.05, 0) is 29.3 Å². The zero-order valence-electron chi connectivity index (χ0n) is 16.2. The van der Waals surface area contributed by atoms with Crippen LogP contribution in [0.4, 0.5) is 15.9 Å². The van der Waals surface area contributed by atoms with Crippen molar-refractivity contribution in [3.8, 4) is 11.5 Å². The molecule has 8 heteroatoms. The molecule has 1 N–H and O–H groups in total. The van der Waals surface area contributed by atoms with Gasteiger partial charge >= 0.3 is 0 Å². The van der Waals surface area contributed by atoms with E-state index < -0.39 is 0 Å². The van der Waals surface area contributed by atoms with Crippen LogP contribution in [0.1, 0.15) is 22.7 Å². The molecule has 0 saturated carbocycles. The topological polar surface area (TPSA) is 59.5 Å². The number of benzene rings is 2. The van der Waals surface area contributed by atoms with Gasteiger partial charge in [0.05, 0.1) is 20.3 Å². The van der Waals surface area contributed by atoms with E-state index in [-0.39, 0.29) is 11.9 Å². The Labute approximate surface area is 173 Å². The van der Waals surface area contributed by atoms with Gasteiger partial charge in [-0.3, -0.25) is 0 Å². The number of ether oxygens (including phenoxy) is 2. The lowest BCUT2D eigenvalue weighted by Gasteiger charge is -2.32. The van der Waals surface area contributed by atoms with Crippen molar-refractivity contribution in [3.05, 3.63) is 70.4 Å². The molecule has 29 heavy (non-hydrogen) atoms. The van der Waals surface area contributed by atoms with E-state index in [0.29, 0.717) is 34.7 Å². The Balaban J connectivity index is 1.97. The number of hydrogen-bond donors (Lipinski definition) is 1. The van der Waals surface area contributed by atoms with Gasteiger partial charge in [0.15, 0.2) is 11.0 Å². The van der Waals surface area contributed by atoms with Crippen LogP contribution in [0, 0.1) is 5.82 Å². The molecular formula is C21H20ClFN4O2. The minimum Gasteiger partial charge on any atom is -0.497 e. The third-order valence-electron chi connectivity index (χ3n) is 4.99. The fraction of sp³-hybridized carbons (Fsp3) is 0.238. The Hall–Kier alpha value is -3.06. The lowest BCUT2D eigenvalue weighted by Crippen LogP contribution is -2.27. The number of nitrogens with zero attached hydrogens (tertiary/aromatic N) is 3. The Morgan fingerprint density at radius 1 is 1.14 bits per heavy atom. The molecule has 0 spiro atoms. The van der Waals surface area contributed by atoms with Gasteiger partial charge in [-0.2, -0.15) is 0 Å². The van der Waals surface area contributed by atoms with Crippen LogP contribution < -0.4 is 19.7 Å². The van der Waals surface area contributed by atoms with Crippen LogP contribution in [0.15, 0.2) is 42.7 Å². The van der Waals surface area contributed by atoms with Crippen molar-refractivity contribution in [2.24, 2.45) is 0 Å². The molecule has 1 unspecified atom stereocenters. The molecule has 4 rings (SSSR count). The standard InChI is InChI=1S/C21H20ClFN4O2/c1-27-10-13-8-15(28-2)9-16(29-3)17(13)18(12-4-6-14(23)7-5-12)26-19-20(22)24-11-25-21(19)27/h4-9,11,18,26H,10H2,1-3H3. The summed E-state index contributed by atoms with van der Waals surface area (Å²) in [7, 11) is 5.16. The van der Waals surface area contributed by atoms with Crippen LogP contribution in [0.25, 0.3) is 0 Å². The summed E-state index contributed by atoms with van der Waals surface area (Å²) in [6.45, 7) is 0.544. The lowest BCUT2D eigenvalue weighted by atomic mass is 9.91. The molecule has 0 amide bonds. The molecule has 6 nitrogen and oxygen atoms in total. The molecule has 1 aromatic heterocycles. The quantitative estimate of drug-likeness (QED) is 0.639. The van der Waals surface area contributed by atoms with Crippen molar-refractivity contribution in [2.75, 3.05) is 31.5 Å². The summed E-state index contributed by atoms with van der Waals surface area (Å²) >= 11 is 6.41. The number of rotatable bonds is 3. The summed E-state index contributed by atoms with van der Waals surface area (Å²) in [5.74, 6) is 1.71. The van der Waals surface area contributed by atoms with Crippen molar-refractivity contribution < 1.29 is 13.9 Å². The summed E-state index contributed by atoms with van der Waals surface area (Å²) in [5, 5.41) is 3.77. The van der Waals surface area contributed by atoms with Crippen LogP contribution in [-0.4, -0.2) is 31.2 Å². The minimum atomic E-state index is -0.359. The highest BCUT2D eigenvalue weighted by Crippen LogP contribution is 2.43. The van der Waals surface area contributed by atoms with Gasteiger partial charge in [0.1, 0.15) is 29.3 Å². The second kappa shape index (κ2) is 7.75. The largest absolute Gasteiger partial charge is 0.497 e. The Kier molecular flexibility index (Phi) is 5.15. The monoisotopic (exact) mass is 414 g/mol. The van der Waals surface area contributed by atoms with E-state index >= 15 is 0 Å². The van der Waals surface area contributed by atoms with E-state index in [1.807, 2.05) is 24.1 Å². The van der Waals surface area contributed by atoms with Gasteiger partial charge in [-0.15, -0.1) is 0 Å². The van der Waals surface area contributed by atoms with Crippen molar-refractivity contribution in [1.29, 1.82) is 0 Å². The van der Waals surface area contributed by atoms with Gasteiger partial charge in [-0.1, -0.05) is 23.7 Å². The first-order chi connectivity index (χ1) is 14.0. The van der Waals surface area contributed by atoms with Gasteiger partial charge in [-0.25, -0.2) is 14.4 Å². The summed E-state index contributed by atoms with van der Waals surface area (Å²) in [6, 6.07) is 9.79. The number of nitrogens with one attached hydrogen (secondary N) is 1. The maximum atomic E-state index is 13.6. The first-order valence-corrected chi connectivity index (χ1v) is 9.38. The molecule has 0 fully saturated rings. The number of halogens is 2. The van der Waals surface area contributed by atoms with Crippen LogP contribution in [0.2, 0.25) is 5.15 Å². The average molecular weight is 415 g/mol. The summed E-state index contributed by atoms with van der Waals surface area (Å²) in [6.07, 6.45) is 1.43. The molecule has 2 aromatic carbocycles. The average Bonchev–Trinajstić information content (AvgIpc) is 2.72. The molecule has 0 bridgehead atoms. The third-order valence-corrected chi connectivity index (χ3v) is 5.27. The highest BCUT2D eigenvalue weighted by Gasteiger charge is 2.29. The summed E-state index contributed by atoms with van der Waals surface area (Å²) in [4.78, 5) is 10.5. The summed E-state index contributed by atoms with van der Waals surface area (Å²) in [5.41, 5.74) is 3.37. The van der Waals surface area contributed by atoms with E-state index in [2.05, 4.69) is 15.3 Å². The Morgan fingerprint density at radius 2 is 1.90 bits per heavy atom. The molecule has 0 aliphatic carbocycles. The Bertz CT molecular complexity index is 1050. The number of anilines is 2. The van der Waals surface area contributed by atoms with E-state index in [0.717, 1.165) is 16.7 Å². The highest BCUT2D eigenvalue weighted by atomic mass is 35.5. The number of methoxy groups -OCH3 is 2. The van der Waals surface area contributed by atoms with Crippen LogP contribution in [0.3, 0.4) is 0 Å². The van der Waals surface area contributed by atoms with E-state index in [4.69, 9.17) is 21.1 Å². The molecule has 1 aliphatic rings. The molecule has 1 atom stereocenters. The number of aromatic nitrogens is 2. The highest BCUT2D eigenvalue weighted by molar-refractivity contribution is 6.32. The van der Waals surface area contributed by atoms with Crippen LogP contribution >= 0.6 is 11.6 Å². The molecule has 0 saturated heterocycles. The SMILES string of the molecule is COc1cc2c(c(OC)c1)C(c1ccc(F)cc1)Nc1c(Cl)ncnc1N(C)C2. The lowest BCUT2D eigenvalue weighted by molar-refractivity contribution is 0.389. The van der Waals surface area contributed by atoms with E-state index in [1.54, 1.807) is 26.4 Å². The van der Waals surface area contributed by atoms with Crippen molar-refractivity contribution in [1.82, 2.24) is 9.97 Å². The van der Waals surface area contributed by atoms with Crippen molar-refractivity contribution >= 4 is 23.1 Å². The zero-order valence-corrected chi connectivity index (χ0v) is 17.0. The summed E-state index contributed by atoms with van der Waals surface area (Å²) < 4.78 is 24.7. The first kappa shape index (κ1) is 19.3. The molecule has 3 aromatic rings. The first-order valence-electron chi connectivity index (χ1n) is 9.00. The second-order valence-electron chi connectivity index (χ2n) is 6.75. The molecular weight excluding hydrogens is 395 g/mol. The fourth-order valence-corrected chi connectivity index (χ4v) is 3.81. The predicted molar refractivity (Wildman–Crippen MR) is 111 cm³/mol. The van der Waals surface area contributed by atoms with Gasteiger partial charge in [0.25, 0.3) is 0 Å². The maximum Gasteiger partial charge on any atom is 0.157 e. The van der Waals surface area contributed by atoms with Gasteiger partial charge < -0.3 is 19.7 Å². The van der Waals surface area contributed by atoms with Crippen LogP contribution in [-0.2, 0) is 6.54 Å². The molecule has 2 heterocycles. The second-order valence-corrected chi connectivity index (χ2v) is 7.11. The van der Waals surface area contributed by atoms with Gasteiger partial charge in [0, 0.05) is 25.2 Å². The van der Waals surface area contributed by atoms with Crippen molar-refractivity contribution in [3.63, 3.8) is 0 Å². The van der Waals surface area contributed by atoms with Crippen molar-refractivity contribution in [2.45, 2.75) is 12.6 Å². The molecule has 0 radical (unpaired) electrons. The van der Waals surface area contributed by atoms with Gasteiger partial charge in [0.2, 0.25) is 0 Å². The number of fused-ring (bicyclic) bond motifs is 2. The molecule has 150 valence electrons. The predicted octanol–water partition coefficient (Wildman–Crippen LogP) is 4.44. The maximum absolute atomic E-state index is 13.6. The zero-order chi connectivity index (χ0) is 20.5. The number of hydrogen-bond acceptors (Lipinski definition) is 6. The Morgan fingerprint density at radius 3 is 2.59 bits per heavy atom. The third kappa shape index (κ3) is 3.53. The van der Waals surface area contributed by atoms with E-state index in [9.17, 15) is 4.39 Å². The minimum absolute atomic E-state index is 0.303. The molecule has 1 aliphatic heterocycles.